The summed E-state index contributed by atoms with van der Waals surface area (Å²) in [5.41, 5.74) is 9.84. The summed E-state index contributed by atoms with van der Waals surface area (Å²) >= 11 is 3.63. The van der Waals surface area contributed by atoms with Gasteiger partial charge >= 0.3 is 0 Å². The van der Waals surface area contributed by atoms with Crippen molar-refractivity contribution in [3.8, 4) is 22.3 Å². The summed E-state index contributed by atoms with van der Waals surface area (Å²) in [6.07, 6.45) is 0.829. The quantitative estimate of drug-likeness (QED) is 0.293. The van der Waals surface area contributed by atoms with Gasteiger partial charge in [0.25, 0.3) is 0 Å². The number of hydrogen-bond acceptors (Lipinski definition) is 0. The number of halogens is 1. The summed E-state index contributed by atoms with van der Waals surface area (Å²) in [5, 5.41) is 0. The molecule has 0 amide bonds. The number of rotatable bonds is 5. The third kappa shape index (κ3) is 4.41. The third-order valence-electron chi connectivity index (χ3n) is 5.28. The number of hydrogen-bond donors (Lipinski definition) is 0. The predicted octanol–water partition coefficient (Wildman–Crippen LogP) is 8.35. The average molecular weight is 439 g/mol. The smallest absolute Gasteiger partial charge is 0.0181 e. The number of allylic oxidation sites excluding steroid dienone is 1. The highest BCUT2D eigenvalue weighted by Gasteiger charge is 2.11. The van der Waals surface area contributed by atoms with Gasteiger partial charge in [-0.15, -0.1) is 0 Å². The zero-order valence-corrected chi connectivity index (χ0v) is 18.1. The molecule has 0 aromatic heterocycles. The highest BCUT2D eigenvalue weighted by Crippen LogP contribution is 2.34. The molecule has 4 aromatic carbocycles. The van der Waals surface area contributed by atoms with Crippen LogP contribution in [0.15, 0.2) is 108 Å². The van der Waals surface area contributed by atoms with Gasteiger partial charge in [-0.1, -0.05) is 107 Å². The van der Waals surface area contributed by atoms with Crippen molar-refractivity contribution in [1.29, 1.82) is 0 Å². The van der Waals surface area contributed by atoms with E-state index in [-0.39, 0.29) is 0 Å². The van der Waals surface area contributed by atoms with Gasteiger partial charge in [0.15, 0.2) is 0 Å². The number of aryl methyl sites for hydroxylation is 1. The van der Waals surface area contributed by atoms with Crippen molar-refractivity contribution in [3.05, 3.63) is 125 Å². The van der Waals surface area contributed by atoms with Gasteiger partial charge in [-0.2, -0.15) is 0 Å². The molecule has 0 saturated heterocycles. The minimum Gasteiger partial charge on any atom is -0.0949 e. The minimum absolute atomic E-state index is 0.829. The maximum atomic E-state index is 4.43. The van der Waals surface area contributed by atoms with Crippen LogP contribution in [-0.4, -0.2) is 0 Å². The van der Waals surface area contributed by atoms with E-state index in [4.69, 9.17) is 0 Å². The van der Waals surface area contributed by atoms with E-state index in [0.717, 1.165) is 16.5 Å². The highest BCUT2D eigenvalue weighted by molar-refractivity contribution is 9.10. The van der Waals surface area contributed by atoms with Gasteiger partial charge in [0.05, 0.1) is 0 Å². The van der Waals surface area contributed by atoms with E-state index >= 15 is 0 Å². The standard InChI is InChI=1S/C28H23Br/c1-20-8-6-7-11-26(20)28-19-25(29)16-17-27(28)21(2)18-22-12-14-24(15-13-22)23-9-4-3-5-10-23/h3-17,19H,2,18H2,1H3. The fourth-order valence-electron chi connectivity index (χ4n) is 3.71. The van der Waals surface area contributed by atoms with Gasteiger partial charge in [-0.05, 0) is 70.0 Å². The van der Waals surface area contributed by atoms with Crippen LogP contribution in [0.25, 0.3) is 27.8 Å². The SMILES string of the molecule is C=C(Cc1ccc(-c2ccccc2)cc1)c1ccc(Br)cc1-c1ccccc1C. The summed E-state index contributed by atoms with van der Waals surface area (Å²) in [6.45, 7) is 6.59. The molecule has 0 saturated carbocycles. The van der Waals surface area contributed by atoms with Crippen LogP contribution in [0.2, 0.25) is 0 Å². The van der Waals surface area contributed by atoms with Gasteiger partial charge in [0.2, 0.25) is 0 Å². The Morgan fingerprint density at radius 1 is 0.724 bits per heavy atom. The maximum absolute atomic E-state index is 4.43. The van der Waals surface area contributed by atoms with Gasteiger partial charge in [-0.25, -0.2) is 0 Å². The second-order valence-corrected chi connectivity index (χ2v) is 8.26. The molecule has 0 atom stereocenters. The lowest BCUT2D eigenvalue weighted by Gasteiger charge is -2.15. The molecule has 0 aliphatic rings. The molecule has 4 aromatic rings. The molecule has 0 nitrogen and oxygen atoms in total. The van der Waals surface area contributed by atoms with E-state index in [1.165, 1.54) is 38.9 Å². The second kappa shape index (κ2) is 8.63. The van der Waals surface area contributed by atoms with E-state index in [0.29, 0.717) is 0 Å². The zero-order valence-electron chi connectivity index (χ0n) is 16.5. The van der Waals surface area contributed by atoms with Crippen molar-refractivity contribution in [2.75, 3.05) is 0 Å². The second-order valence-electron chi connectivity index (χ2n) is 7.35. The van der Waals surface area contributed by atoms with Crippen LogP contribution in [0.1, 0.15) is 16.7 Å². The van der Waals surface area contributed by atoms with Crippen LogP contribution in [0, 0.1) is 6.92 Å². The van der Waals surface area contributed by atoms with Crippen LogP contribution in [0.3, 0.4) is 0 Å². The van der Waals surface area contributed by atoms with Crippen LogP contribution >= 0.6 is 15.9 Å². The van der Waals surface area contributed by atoms with Crippen LogP contribution < -0.4 is 0 Å². The predicted molar refractivity (Wildman–Crippen MR) is 129 cm³/mol. The molecule has 0 radical (unpaired) electrons. The Balaban J connectivity index is 1.62. The molecule has 142 valence electrons. The van der Waals surface area contributed by atoms with E-state index in [2.05, 4.69) is 120 Å². The fraction of sp³-hybridized carbons (Fsp3) is 0.0714. The van der Waals surface area contributed by atoms with Crippen molar-refractivity contribution in [2.24, 2.45) is 0 Å². The monoisotopic (exact) mass is 438 g/mol. The van der Waals surface area contributed by atoms with Crippen molar-refractivity contribution in [2.45, 2.75) is 13.3 Å². The van der Waals surface area contributed by atoms with Crippen molar-refractivity contribution >= 4 is 21.5 Å². The van der Waals surface area contributed by atoms with E-state index in [1.54, 1.807) is 0 Å². The molecule has 0 spiro atoms. The lowest BCUT2D eigenvalue weighted by atomic mass is 9.90. The van der Waals surface area contributed by atoms with Crippen LogP contribution in [0.4, 0.5) is 0 Å². The Morgan fingerprint density at radius 3 is 2.10 bits per heavy atom. The van der Waals surface area contributed by atoms with Gasteiger partial charge in [0, 0.05) is 4.47 Å². The summed E-state index contributed by atoms with van der Waals surface area (Å²) in [6, 6.07) is 34.3. The van der Waals surface area contributed by atoms with Gasteiger partial charge < -0.3 is 0 Å². The molecule has 0 aliphatic carbocycles. The Morgan fingerprint density at radius 2 is 1.38 bits per heavy atom. The van der Waals surface area contributed by atoms with Crippen molar-refractivity contribution in [3.63, 3.8) is 0 Å². The summed E-state index contributed by atoms with van der Waals surface area (Å²) in [5.74, 6) is 0. The van der Waals surface area contributed by atoms with E-state index in [9.17, 15) is 0 Å². The molecule has 0 N–H and O–H groups in total. The van der Waals surface area contributed by atoms with E-state index in [1.807, 2.05) is 6.07 Å². The summed E-state index contributed by atoms with van der Waals surface area (Å²) in [4.78, 5) is 0. The molecular formula is C28H23Br. The van der Waals surface area contributed by atoms with Crippen LogP contribution in [0.5, 0.6) is 0 Å². The topological polar surface area (TPSA) is 0 Å². The van der Waals surface area contributed by atoms with Gasteiger partial charge in [-0.3, -0.25) is 0 Å². The van der Waals surface area contributed by atoms with Crippen LogP contribution in [-0.2, 0) is 6.42 Å². The molecular weight excluding hydrogens is 416 g/mol. The first-order valence-corrected chi connectivity index (χ1v) is 10.6. The zero-order chi connectivity index (χ0) is 20.2. The fourth-order valence-corrected chi connectivity index (χ4v) is 4.07. The Kier molecular flexibility index (Phi) is 5.78. The van der Waals surface area contributed by atoms with Crippen molar-refractivity contribution < 1.29 is 0 Å². The largest absolute Gasteiger partial charge is 0.0949 e. The molecule has 1 heteroatoms. The van der Waals surface area contributed by atoms with Gasteiger partial charge in [0.1, 0.15) is 0 Å². The lowest BCUT2D eigenvalue weighted by Crippen LogP contribution is -1.95. The average Bonchev–Trinajstić information content (AvgIpc) is 2.75. The first-order valence-electron chi connectivity index (χ1n) is 9.80. The molecule has 4 rings (SSSR count). The number of benzene rings is 4. The highest BCUT2D eigenvalue weighted by atomic mass is 79.9. The minimum atomic E-state index is 0.829. The summed E-state index contributed by atoms with van der Waals surface area (Å²) < 4.78 is 1.08. The molecule has 0 bridgehead atoms. The first-order chi connectivity index (χ1) is 14.1. The molecule has 0 aliphatic heterocycles. The maximum Gasteiger partial charge on any atom is 0.0181 e. The first kappa shape index (κ1) is 19.4. The third-order valence-corrected chi connectivity index (χ3v) is 5.77. The Hall–Kier alpha value is -2.90. The molecule has 0 fully saturated rings. The normalized spacial score (nSPS) is 10.7. The van der Waals surface area contributed by atoms with Crippen molar-refractivity contribution in [1.82, 2.24) is 0 Å². The molecule has 0 heterocycles. The lowest BCUT2D eigenvalue weighted by molar-refractivity contribution is 1.28. The summed E-state index contributed by atoms with van der Waals surface area (Å²) in [7, 11) is 0. The Bertz CT molecular complexity index is 1140. The van der Waals surface area contributed by atoms with E-state index < -0.39 is 0 Å². The molecule has 29 heavy (non-hydrogen) atoms. The molecule has 0 unspecified atom stereocenters. The Labute approximate surface area is 181 Å².